The zero-order chi connectivity index (χ0) is 13.2. The minimum atomic E-state index is -0.318. The topological polar surface area (TPSA) is 55.2 Å². The first-order valence-corrected chi connectivity index (χ1v) is 6.55. The lowest BCUT2D eigenvalue weighted by Crippen LogP contribution is -2.35. The van der Waals surface area contributed by atoms with Crippen molar-refractivity contribution >= 4 is 11.4 Å². The molecular formula is C14H20N2O2. The average Bonchev–Trinajstić information content (AvgIpc) is 2.28. The summed E-state index contributed by atoms with van der Waals surface area (Å²) < 4.78 is 0. The van der Waals surface area contributed by atoms with E-state index in [1.54, 1.807) is 12.1 Å². The Labute approximate surface area is 108 Å². The molecule has 0 saturated heterocycles. The van der Waals surface area contributed by atoms with Crippen LogP contribution in [0, 0.1) is 22.5 Å². The molecule has 0 aliphatic heterocycles. The van der Waals surface area contributed by atoms with Crippen molar-refractivity contribution < 1.29 is 4.92 Å². The third-order valence-electron chi connectivity index (χ3n) is 4.17. The number of rotatable bonds is 5. The molecule has 0 heterocycles. The monoisotopic (exact) mass is 248 g/mol. The van der Waals surface area contributed by atoms with E-state index in [1.807, 2.05) is 13.0 Å². The molecule has 0 spiro atoms. The van der Waals surface area contributed by atoms with Crippen LogP contribution >= 0.6 is 0 Å². The summed E-state index contributed by atoms with van der Waals surface area (Å²) in [6.45, 7) is 4.99. The molecule has 1 N–H and O–H groups in total. The van der Waals surface area contributed by atoms with Gasteiger partial charge >= 0.3 is 0 Å². The summed E-state index contributed by atoms with van der Waals surface area (Å²) in [5.41, 5.74) is 2.23. The summed E-state index contributed by atoms with van der Waals surface area (Å²) in [5, 5.41) is 14.3. The van der Waals surface area contributed by atoms with Gasteiger partial charge in [0.05, 0.1) is 4.92 Å². The molecule has 0 aromatic heterocycles. The fourth-order valence-electron chi connectivity index (χ4n) is 2.57. The van der Waals surface area contributed by atoms with E-state index in [2.05, 4.69) is 12.2 Å². The zero-order valence-electron chi connectivity index (χ0n) is 11.0. The lowest BCUT2D eigenvalue weighted by molar-refractivity contribution is -0.384. The van der Waals surface area contributed by atoms with Gasteiger partial charge in [0, 0.05) is 12.6 Å². The Balaban J connectivity index is 2.12. The average molecular weight is 248 g/mol. The second-order valence-corrected chi connectivity index (χ2v) is 5.34. The maximum absolute atomic E-state index is 11.0. The van der Waals surface area contributed by atoms with Gasteiger partial charge in [0.1, 0.15) is 5.69 Å². The summed E-state index contributed by atoms with van der Waals surface area (Å²) in [6.07, 6.45) is 4.89. The summed E-state index contributed by atoms with van der Waals surface area (Å²) in [5.74, 6) is 0. The van der Waals surface area contributed by atoms with E-state index in [4.69, 9.17) is 0 Å². The van der Waals surface area contributed by atoms with Crippen LogP contribution in [0.25, 0.3) is 0 Å². The number of anilines is 1. The third kappa shape index (κ3) is 2.47. The van der Waals surface area contributed by atoms with Gasteiger partial charge in [-0.2, -0.15) is 0 Å². The van der Waals surface area contributed by atoms with Crippen LogP contribution in [0.5, 0.6) is 0 Å². The number of nitro groups is 1. The Hall–Kier alpha value is -1.58. The molecule has 1 aliphatic rings. The zero-order valence-corrected chi connectivity index (χ0v) is 11.0. The fraction of sp³-hybridized carbons (Fsp3) is 0.571. The molecule has 98 valence electrons. The van der Waals surface area contributed by atoms with E-state index in [1.165, 1.54) is 19.3 Å². The highest BCUT2D eigenvalue weighted by Gasteiger charge is 2.35. The third-order valence-corrected chi connectivity index (χ3v) is 4.17. The van der Waals surface area contributed by atoms with Crippen LogP contribution in [0.4, 0.5) is 11.4 Å². The second-order valence-electron chi connectivity index (χ2n) is 5.34. The summed E-state index contributed by atoms with van der Waals surface area (Å²) in [7, 11) is 0. The van der Waals surface area contributed by atoms with Gasteiger partial charge in [0.2, 0.25) is 0 Å². The lowest BCUT2D eigenvalue weighted by atomic mass is 9.67. The lowest BCUT2D eigenvalue weighted by Gasteiger charge is -2.41. The minimum absolute atomic E-state index is 0.172. The van der Waals surface area contributed by atoms with Gasteiger partial charge in [-0.15, -0.1) is 0 Å². The van der Waals surface area contributed by atoms with Crippen molar-refractivity contribution in [2.45, 2.75) is 39.5 Å². The molecule has 1 aromatic rings. The van der Waals surface area contributed by atoms with Gasteiger partial charge in [-0.3, -0.25) is 10.1 Å². The van der Waals surface area contributed by atoms with Crippen LogP contribution in [0.1, 0.15) is 38.2 Å². The number of nitrogens with one attached hydrogen (secondary N) is 1. The Bertz CT molecular complexity index is 448. The molecule has 0 amide bonds. The maximum Gasteiger partial charge on any atom is 0.292 e. The number of nitrogens with zero attached hydrogens (tertiary/aromatic N) is 1. The van der Waals surface area contributed by atoms with Gasteiger partial charge in [-0.1, -0.05) is 19.4 Å². The molecule has 18 heavy (non-hydrogen) atoms. The van der Waals surface area contributed by atoms with Crippen molar-refractivity contribution in [3.05, 3.63) is 33.9 Å². The first kappa shape index (κ1) is 12.9. The van der Waals surface area contributed by atoms with E-state index >= 15 is 0 Å². The molecule has 0 unspecified atom stereocenters. The summed E-state index contributed by atoms with van der Waals surface area (Å²) in [4.78, 5) is 10.7. The first-order chi connectivity index (χ1) is 8.56. The number of hydrogen-bond donors (Lipinski definition) is 1. The molecule has 1 fully saturated rings. The Morgan fingerprint density at radius 1 is 1.44 bits per heavy atom. The fourth-order valence-corrected chi connectivity index (χ4v) is 2.57. The van der Waals surface area contributed by atoms with Crippen LogP contribution in [-0.2, 0) is 0 Å². The van der Waals surface area contributed by atoms with E-state index in [0.29, 0.717) is 11.1 Å². The quantitative estimate of drug-likeness (QED) is 0.635. The molecule has 0 radical (unpaired) electrons. The maximum atomic E-state index is 11.0. The van der Waals surface area contributed by atoms with Gasteiger partial charge in [-0.25, -0.2) is 0 Å². The molecule has 4 heteroatoms. The molecule has 0 bridgehead atoms. The normalized spacial score (nSPS) is 17.0. The number of benzene rings is 1. The molecule has 1 aromatic carbocycles. The molecule has 0 atom stereocenters. The number of nitro benzene ring substituents is 1. The second kappa shape index (κ2) is 4.96. The van der Waals surface area contributed by atoms with Crippen LogP contribution in [0.3, 0.4) is 0 Å². The molecule has 2 rings (SSSR count). The number of hydrogen-bond acceptors (Lipinski definition) is 3. The van der Waals surface area contributed by atoms with Crippen molar-refractivity contribution in [3.63, 3.8) is 0 Å². The highest BCUT2D eigenvalue weighted by atomic mass is 16.6. The van der Waals surface area contributed by atoms with Crippen molar-refractivity contribution in [1.82, 2.24) is 0 Å². The Morgan fingerprint density at radius 2 is 2.17 bits per heavy atom. The van der Waals surface area contributed by atoms with Crippen molar-refractivity contribution in [3.8, 4) is 0 Å². The molecule has 4 nitrogen and oxygen atoms in total. The predicted molar refractivity (Wildman–Crippen MR) is 72.9 cm³/mol. The van der Waals surface area contributed by atoms with Gasteiger partial charge in [-0.05, 0) is 43.2 Å². The first-order valence-electron chi connectivity index (χ1n) is 6.55. The Morgan fingerprint density at radius 3 is 2.67 bits per heavy atom. The molecular weight excluding hydrogens is 228 g/mol. The van der Waals surface area contributed by atoms with Gasteiger partial charge in [0.15, 0.2) is 0 Å². The van der Waals surface area contributed by atoms with Crippen LogP contribution < -0.4 is 5.32 Å². The minimum Gasteiger partial charge on any atom is -0.379 e. The van der Waals surface area contributed by atoms with E-state index in [-0.39, 0.29) is 10.6 Å². The van der Waals surface area contributed by atoms with Gasteiger partial charge < -0.3 is 5.32 Å². The summed E-state index contributed by atoms with van der Waals surface area (Å²) in [6, 6.07) is 5.22. The number of aryl methyl sites for hydroxylation is 1. The summed E-state index contributed by atoms with van der Waals surface area (Å²) >= 11 is 0. The van der Waals surface area contributed by atoms with Crippen molar-refractivity contribution in [2.24, 2.45) is 5.41 Å². The van der Waals surface area contributed by atoms with Gasteiger partial charge in [0.25, 0.3) is 5.69 Å². The van der Waals surface area contributed by atoms with Crippen LogP contribution in [-0.4, -0.2) is 11.5 Å². The van der Waals surface area contributed by atoms with E-state index in [0.717, 1.165) is 18.5 Å². The van der Waals surface area contributed by atoms with Crippen LogP contribution in [0.15, 0.2) is 18.2 Å². The highest BCUT2D eigenvalue weighted by Crippen LogP contribution is 2.44. The highest BCUT2D eigenvalue weighted by molar-refractivity contribution is 5.62. The van der Waals surface area contributed by atoms with Crippen LogP contribution in [0.2, 0.25) is 0 Å². The Kier molecular flexibility index (Phi) is 3.55. The van der Waals surface area contributed by atoms with E-state index < -0.39 is 0 Å². The van der Waals surface area contributed by atoms with E-state index in [9.17, 15) is 10.1 Å². The molecule has 1 aliphatic carbocycles. The largest absolute Gasteiger partial charge is 0.379 e. The standard InChI is InChI=1S/C14H20N2O2/c1-3-14(7-4-8-14)10-15-12-9-11(2)5-6-13(12)16(17)18/h5-6,9,15H,3-4,7-8,10H2,1-2H3. The predicted octanol–water partition coefficient (Wildman–Crippen LogP) is 3.90. The van der Waals surface area contributed by atoms with Crippen molar-refractivity contribution in [2.75, 3.05) is 11.9 Å². The van der Waals surface area contributed by atoms with Crippen molar-refractivity contribution in [1.29, 1.82) is 0 Å². The SMILES string of the molecule is CCC1(CNc2cc(C)ccc2[N+](=O)[O-])CCC1. The smallest absolute Gasteiger partial charge is 0.292 e. The molecule has 1 saturated carbocycles.